The molecule has 1 aromatic rings. The van der Waals surface area contributed by atoms with E-state index in [0.29, 0.717) is 11.3 Å². The van der Waals surface area contributed by atoms with Gasteiger partial charge in [-0.05, 0) is 18.1 Å². The fourth-order valence-corrected chi connectivity index (χ4v) is 4.62. The van der Waals surface area contributed by atoms with E-state index in [1.54, 1.807) is 24.3 Å². The number of ketones is 1. The number of nitrogens with zero attached hydrogens (tertiary/aromatic N) is 1. The van der Waals surface area contributed by atoms with E-state index in [-0.39, 0.29) is 43.7 Å². The van der Waals surface area contributed by atoms with Gasteiger partial charge in [-0.25, -0.2) is 0 Å². The van der Waals surface area contributed by atoms with E-state index in [0.717, 1.165) is 0 Å². The van der Waals surface area contributed by atoms with E-state index in [9.17, 15) is 14.4 Å². The van der Waals surface area contributed by atoms with E-state index in [1.165, 1.54) is 18.2 Å². The van der Waals surface area contributed by atoms with Crippen molar-refractivity contribution in [2.75, 3.05) is 25.4 Å². The summed E-state index contributed by atoms with van der Waals surface area (Å²) < 4.78 is 11.1. The Hall–Kier alpha value is -2.51. The smallest absolute Gasteiger partial charge is 0.309 e. The Balaban J connectivity index is 1.85. The maximum Gasteiger partial charge on any atom is 0.309 e. The molecule has 142 valence electrons. The van der Waals surface area contributed by atoms with Gasteiger partial charge in [0.05, 0.1) is 25.3 Å². The van der Waals surface area contributed by atoms with E-state index in [2.05, 4.69) is 6.58 Å². The lowest BCUT2D eigenvalue weighted by molar-refractivity contribution is -0.152. The van der Waals surface area contributed by atoms with Crippen LogP contribution in [0.4, 0.5) is 5.69 Å². The van der Waals surface area contributed by atoms with Gasteiger partial charge in [0.25, 0.3) is 5.91 Å². The van der Waals surface area contributed by atoms with E-state index < -0.39 is 23.4 Å². The molecule has 0 aromatic heterocycles. The van der Waals surface area contributed by atoms with E-state index >= 15 is 0 Å². The Morgan fingerprint density at radius 2 is 2.19 bits per heavy atom. The highest BCUT2D eigenvalue weighted by atomic mass is 16.7. The Morgan fingerprint density at radius 1 is 1.41 bits per heavy atom. The summed E-state index contributed by atoms with van der Waals surface area (Å²) in [5.74, 6) is -1.89. The summed E-state index contributed by atoms with van der Waals surface area (Å²) in [7, 11) is 1.40. The lowest BCUT2D eigenvalue weighted by Gasteiger charge is -2.34. The summed E-state index contributed by atoms with van der Waals surface area (Å²) >= 11 is 0. The van der Waals surface area contributed by atoms with Crippen LogP contribution in [0.15, 0.2) is 36.9 Å². The Labute approximate surface area is 156 Å². The average molecular weight is 371 g/mol. The third-order valence-electron chi connectivity index (χ3n) is 5.79. The molecule has 1 spiro atoms. The quantitative estimate of drug-likeness (QED) is 0.590. The molecule has 1 saturated carbocycles. The van der Waals surface area contributed by atoms with Gasteiger partial charge in [0.15, 0.2) is 5.78 Å². The summed E-state index contributed by atoms with van der Waals surface area (Å²) in [6.45, 7) is 3.89. The van der Waals surface area contributed by atoms with E-state index in [4.69, 9.17) is 14.3 Å². The summed E-state index contributed by atoms with van der Waals surface area (Å²) in [4.78, 5) is 44.3. The van der Waals surface area contributed by atoms with Crippen LogP contribution >= 0.6 is 0 Å². The zero-order valence-corrected chi connectivity index (χ0v) is 15.1. The number of rotatable bonds is 4. The van der Waals surface area contributed by atoms with Crippen LogP contribution in [0.1, 0.15) is 18.4 Å². The molecule has 3 heterocycles. The van der Waals surface area contributed by atoms with Gasteiger partial charge in [-0.3, -0.25) is 19.2 Å². The van der Waals surface area contributed by atoms with Crippen LogP contribution in [-0.4, -0.2) is 44.1 Å². The SMILES string of the molecule is C=CCOC(=O)[C@H]1C[C@@]2(C(=O)N(OC)c3ccccc32)[C@@H]2OC[C@H]1CC2=O. The van der Waals surface area contributed by atoms with Crippen LogP contribution in [0.2, 0.25) is 0 Å². The van der Waals surface area contributed by atoms with E-state index in [1.807, 2.05) is 0 Å². The summed E-state index contributed by atoms with van der Waals surface area (Å²) in [5.41, 5.74) is -0.0588. The zero-order valence-electron chi connectivity index (χ0n) is 15.1. The van der Waals surface area contributed by atoms with Crippen LogP contribution < -0.4 is 5.06 Å². The fraction of sp³-hybridized carbons (Fsp3) is 0.450. The molecular weight excluding hydrogens is 350 g/mol. The molecule has 2 saturated heterocycles. The average Bonchev–Trinajstić information content (AvgIpc) is 2.78. The first-order valence-corrected chi connectivity index (χ1v) is 8.94. The largest absolute Gasteiger partial charge is 0.461 e. The molecule has 3 fully saturated rings. The lowest BCUT2D eigenvalue weighted by atomic mass is 9.71. The summed E-state index contributed by atoms with van der Waals surface area (Å²) in [6, 6.07) is 7.16. The number of carbonyl (C=O) groups excluding carboxylic acids is 3. The highest BCUT2D eigenvalue weighted by Gasteiger charge is 2.64. The van der Waals surface area contributed by atoms with Gasteiger partial charge < -0.3 is 9.47 Å². The molecule has 27 heavy (non-hydrogen) atoms. The molecule has 0 radical (unpaired) electrons. The van der Waals surface area contributed by atoms with Gasteiger partial charge in [-0.1, -0.05) is 30.9 Å². The van der Waals surface area contributed by atoms with Crippen LogP contribution in [-0.2, 0) is 34.1 Å². The topological polar surface area (TPSA) is 82.1 Å². The molecule has 1 aliphatic carbocycles. The standard InChI is InChI=1S/C20H21NO6/c1-3-8-26-18(23)13-10-20(17-16(22)9-12(13)11-27-17)14-6-4-5-7-15(14)21(25-2)19(20)24/h3-7,12-13,17H,1,8-11H2,2H3/t12-,13+,17-,20+/m1/s1. The molecule has 4 atom stereocenters. The van der Waals surface area contributed by atoms with Crippen molar-refractivity contribution in [1.29, 1.82) is 0 Å². The number of carbonyl (C=O) groups is 3. The van der Waals surface area contributed by atoms with Crippen LogP contribution in [0.5, 0.6) is 0 Å². The first kappa shape index (κ1) is 17.9. The minimum Gasteiger partial charge on any atom is -0.461 e. The Kier molecular flexibility index (Phi) is 4.36. The maximum atomic E-state index is 13.4. The van der Waals surface area contributed by atoms with Gasteiger partial charge in [0.2, 0.25) is 0 Å². The number of para-hydroxylation sites is 1. The second-order valence-electron chi connectivity index (χ2n) is 7.14. The van der Waals surface area contributed by atoms with Crippen molar-refractivity contribution in [3.8, 4) is 0 Å². The number of hydroxylamine groups is 1. The third-order valence-corrected chi connectivity index (χ3v) is 5.79. The second kappa shape index (κ2) is 6.58. The molecule has 1 amide bonds. The molecule has 1 aromatic carbocycles. The van der Waals surface area contributed by atoms with Crippen LogP contribution in [0, 0.1) is 11.8 Å². The number of ether oxygens (including phenoxy) is 2. The molecule has 4 aliphatic rings. The Morgan fingerprint density at radius 3 is 2.89 bits per heavy atom. The van der Waals surface area contributed by atoms with Crippen molar-refractivity contribution in [2.24, 2.45) is 11.8 Å². The predicted octanol–water partition coefficient (Wildman–Crippen LogP) is 1.56. The number of fused-ring (bicyclic) bond motifs is 4. The summed E-state index contributed by atoms with van der Waals surface area (Å²) in [5, 5.41) is 1.19. The first-order chi connectivity index (χ1) is 13.0. The molecule has 0 N–H and O–H groups in total. The number of benzene rings is 1. The number of amides is 1. The van der Waals surface area contributed by atoms with Crippen LogP contribution in [0.25, 0.3) is 0 Å². The molecule has 7 nitrogen and oxygen atoms in total. The van der Waals surface area contributed by atoms with Crippen molar-refractivity contribution >= 4 is 23.3 Å². The minimum absolute atomic E-state index is 0.0853. The van der Waals surface area contributed by atoms with Crippen molar-refractivity contribution in [3.63, 3.8) is 0 Å². The normalized spacial score (nSPS) is 31.7. The van der Waals surface area contributed by atoms with Crippen molar-refractivity contribution in [2.45, 2.75) is 24.4 Å². The van der Waals surface area contributed by atoms with Gasteiger partial charge in [-0.2, -0.15) is 5.06 Å². The minimum atomic E-state index is -1.28. The monoisotopic (exact) mass is 371 g/mol. The molecule has 5 rings (SSSR count). The molecule has 3 aliphatic heterocycles. The number of esters is 1. The van der Waals surface area contributed by atoms with Gasteiger partial charge in [-0.15, -0.1) is 0 Å². The predicted molar refractivity (Wildman–Crippen MR) is 94.7 cm³/mol. The van der Waals surface area contributed by atoms with Crippen molar-refractivity contribution < 1.29 is 28.7 Å². The molecular formula is C20H21NO6. The Bertz CT molecular complexity index is 820. The maximum absolute atomic E-state index is 13.4. The van der Waals surface area contributed by atoms with Crippen molar-refractivity contribution in [1.82, 2.24) is 0 Å². The first-order valence-electron chi connectivity index (χ1n) is 8.94. The van der Waals surface area contributed by atoms with Gasteiger partial charge in [0.1, 0.15) is 18.1 Å². The van der Waals surface area contributed by atoms with Gasteiger partial charge in [0, 0.05) is 12.3 Å². The molecule has 7 heteroatoms. The lowest BCUT2D eigenvalue weighted by Crippen LogP contribution is -2.53. The zero-order chi connectivity index (χ0) is 19.2. The highest BCUT2D eigenvalue weighted by Crippen LogP contribution is 2.53. The summed E-state index contributed by atoms with van der Waals surface area (Å²) in [6.07, 6.45) is 0.911. The van der Waals surface area contributed by atoms with Crippen molar-refractivity contribution in [3.05, 3.63) is 42.5 Å². The fourth-order valence-electron chi connectivity index (χ4n) is 4.62. The molecule has 0 unspecified atom stereocenters. The molecule has 2 bridgehead atoms. The highest BCUT2D eigenvalue weighted by molar-refractivity contribution is 6.11. The third kappa shape index (κ3) is 2.45. The number of hydrogen-bond acceptors (Lipinski definition) is 6. The number of anilines is 1. The number of hydrogen-bond donors (Lipinski definition) is 0. The van der Waals surface area contributed by atoms with Crippen LogP contribution in [0.3, 0.4) is 0 Å². The number of Topliss-reactive ketones (excluding diaryl/α,β-unsaturated/α-hetero) is 1. The van der Waals surface area contributed by atoms with Gasteiger partial charge >= 0.3 is 5.97 Å². The second-order valence-corrected chi connectivity index (χ2v) is 7.14.